The van der Waals surface area contributed by atoms with E-state index in [1.165, 1.54) is 63.5 Å². The van der Waals surface area contributed by atoms with E-state index >= 15 is 0 Å². The molecule has 15 aromatic rings. The second-order valence-electron chi connectivity index (χ2n) is 16.5. The van der Waals surface area contributed by atoms with Gasteiger partial charge in [-0.15, -0.1) is 11.3 Å². The van der Waals surface area contributed by atoms with E-state index in [9.17, 15) is 0 Å². The maximum Gasteiger partial charge on any atom is 0.235 e. The number of thiophene rings is 1. The normalized spacial score (nSPS) is 12.5. The first kappa shape index (κ1) is 32.8. The number of hydrogen-bond donors (Lipinski definition) is 0. The molecule has 286 valence electrons. The van der Waals surface area contributed by atoms with Crippen molar-refractivity contribution in [1.82, 2.24) is 19.1 Å². The van der Waals surface area contributed by atoms with Crippen molar-refractivity contribution in [3.8, 4) is 22.9 Å². The van der Waals surface area contributed by atoms with Gasteiger partial charge in [0.25, 0.3) is 0 Å². The third-order valence-corrected chi connectivity index (χ3v) is 14.5. The first-order chi connectivity index (χ1) is 30.7. The summed E-state index contributed by atoms with van der Waals surface area (Å²) in [5.74, 6) is 0.642. The van der Waals surface area contributed by atoms with Gasteiger partial charge in [0.05, 0.1) is 33.3 Å². The van der Waals surface area contributed by atoms with Crippen LogP contribution in [-0.2, 0) is 0 Å². The molecule has 62 heavy (non-hydrogen) atoms. The fraction of sp³-hybridized carbons (Fsp3) is 0. The second-order valence-corrected chi connectivity index (χ2v) is 17.5. The van der Waals surface area contributed by atoms with Crippen LogP contribution in [-0.4, -0.2) is 19.1 Å². The number of benzene rings is 10. The lowest BCUT2D eigenvalue weighted by molar-refractivity contribution is 0.669. The predicted molar refractivity (Wildman–Crippen MR) is 260 cm³/mol. The molecule has 0 fully saturated rings. The minimum absolute atomic E-state index is 0.642. The highest BCUT2D eigenvalue weighted by atomic mass is 32.1. The van der Waals surface area contributed by atoms with Crippen molar-refractivity contribution < 1.29 is 4.42 Å². The fourth-order valence-electron chi connectivity index (χ4n) is 10.6. The van der Waals surface area contributed by atoms with Crippen molar-refractivity contribution in [1.29, 1.82) is 0 Å². The van der Waals surface area contributed by atoms with Gasteiger partial charge in [0.2, 0.25) is 5.95 Å². The molecule has 0 aliphatic rings. The Balaban J connectivity index is 1.14. The molecule has 0 bridgehead atoms. The third-order valence-electron chi connectivity index (χ3n) is 13.2. The summed E-state index contributed by atoms with van der Waals surface area (Å²) in [4.78, 5) is 11.3. The fourth-order valence-corrected chi connectivity index (χ4v) is 11.9. The zero-order valence-electron chi connectivity index (χ0n) is 32.9. The molecule has 0 radical (unpaired) electrons. The summed E-state index contributed by atoms with van der Waals surface area (Å²) in [5, 5.41) is 15.3. The van der Waals surface area contributed by atoms with Gasteiger partial charge in [-0.25, -0.2) is 9.97 Å². The molecule has 5 aromatic heterocycles. The van der Waals surface area contributed by atoms with Gasteiger partial charge in [-0.2, -0.15) is 0 Å². The number of aromatic nitrogens is 4. The van der Waals surface area contributed by atoms with Crippen LogP contribution >= 0.6 is 11.3 Å². The molecule has 0 unspecified atom stereocenters. The zero-order chi connectivity index (χ0) is 40.2. The minimum atomic E-state index is 0.642. The summed E-state index contributed by atoms with van der Waals surface area (Å²) in [5.41, 5.74) is 10.2. The monoisotopic (exact) mass is 806 g/mol. The molecule has 5 heterocycles. The molecular weight excluding hydrogens is 777 g/mol. The van der Waals surface area contributed by atoms with E-state index in [4.69, 9.17) is 14.4 Å². The van der Waals surface area contributed by atoms with Crippen LogP contribution in [0.1, 0.15) is 0 Å². The molecule has 0 amide bonds. The summed E-state index contributed by atoms with van der Waals surface area (Å²) >= 11 is 1.88. The molecule has 6 heteroatoms. The van der Waals surface area contributed by atoms with Crippen LogP contribution in [0.5, 0.6) is 0 Å². The van der Waals surface area contributed by atoms with Crippen molar-refractivity contribution in [2.24, 2.45) is 0 Å². The average Bonchev–Trinajstić information content (AvgIpc) is 4.08. The predicted octanol–water partition coefficient (Wildman–Crippen LogP) is 15.5. The van der Waals surface area contributed by atoms with Crippen molar-refractivity contribution in [3.05, 3.63) is 182 Å². The van der Waals surface area contributed by atoms with E-state index in [0.29, 0.717) is 5.95 Å². The Labute approximate surface area is 356 Å². The lowest BCUT2D eigenvalue weighted by Crippen LogP contribution is -2.04. The van der Waals surface area contributed by atoms with E-state index in [1.807, 2.05) is 23.5 Å². The highest BCUT2D eigenvalue weighted by Gasteiger charge is 2.27. The molecular formula is C56H30N4OS. The van der Waals surface area contributed by atoms with Crippen LogP contribution in [0.25, 0.3) is 141 Å². The molecule has 15 rings (SSSR count). The highest BCUT2D eigenvalue weighted by Crippen LogP contribution is 2.49. The van der Waals surface area contributed by atoms with Crippen LogP contribution in [0.2, 0.25) is 0 Å². The smallest absolute Gasteiger partial charge is 0.235 e. The molecule has 0 saturated heterocycles. The van der Waals surface area contributed by atoms with Crippen molar-refractivity contribution >= 4 is 130 Å². The number of furan rings is 1. The van der Waals surface area contributed by atoms with Gasteiger partial charge in [-0.3, -0.25) is 4.57 Å². The Bertz CT molecular complexity index is 4400. The molecule has 0 aliphatic heterocycles. The van der Waals surface area contributed by atoms with Crippen LogP contribution in [0.15, 0.2) is 186 Å². The number of rotatable bonds is 3. The topological polar surface area (TPSA) is 48.8 Å². The lowest BCUT2D eigenvalue weighted by atomic mass is 9.98. The quantitative estimate of drug-likeness (QED) is 0.167. The van der Waals surface area contributed by atoms with E-state index < -0.39 is 0 Å². The van der Waals surface area contributed by atoms with Crippen molar-refractivity contribution in [2.45, 2.75) is 0 Å². The van der Waals surface area contributed by atoms with Gasteiger partial charge in [-0.05, 0) is 77.5 Å². The number of fused-ring (bicyclic) bond motifs is 14. The van der Waals surface area contributed by atoms with Gasteiger partial charge in [0.1, 0.15) is 11.2 Å². The largest absolute Gasteiger partial charge is 0.456 e. The Morgan fingerprint density at radius 2 is 1.13 bits per heavy atom. The number of nitrogens with zero attached hydrogens (tertiary/aromatic N) is 4. The van der Waals surface area contributed by atoms with Gasteiger partial charge in [0.15, 0.2) is 0 Å². The number of hydrogen-bond acceptors (Lipinski definition) is 4. The molecule has 0 saturated carbocycles. The summed E-state index contributed by atoms with van der Waals surface area (Å²) in [6.07, 6.45) is 0. The molecule has 0 spiro atoms. The van der Waals surface area contributed by atoms with Gasteiger partial charge in [-0.1, -0.05) is 115 Å². The Kier molecular flexibility index (Phi) is 6.24. The molecule has 0 N–H and O–H groups in total. The minimum Gasteiger partial charge on any atom is -0.456 e. The summed E-state index contributed by atoms with van der Waals surface area (Å²) < 4.78 is 13.7. The zero-order valence-corrected chi connectivity index (χ0v) is 33.7. The van der Waals surface area contributed by atoms with E-state index in [-0.39, 0.29) is 0 Å². The standard InChI is InChI=1S/C56H30N4OS/c1-2-13-33(14-3-1)59-44-19-9-6-16-35(44)41-29-45-51-38(54(41)59)24-25-39-52(51)46(30-42-37-18-8-11-21-49(37)62-55(39)42)60(45)56-57-43-26-22-31-12-4-5-15-34(31)50(43)53(58-56)32-23-27-48-40(28-32)36-17-7-10-20-47(36)61-48/h1-30H. The van der Waals surface area contributed by atoms with E-state index in [2.05, 4.69) is 179 Å². The van der Waals surface area contributed by atoms with Crippen molar-refractivity contribution in [2.75, 3.05) is 0 Å². The van der Waals surface area contributed by atoms with Crippen molar-refractivity contribution in [3.63, 3.8) is 0 Å². The van der Waals surface area contributed by atoms with Gasteiger partial charge in [0, 0.05) is 79.9 Å². The summed E-state index contributed by atoms with van der Waals surface area (Å²) in [6, 6.07) is 65.6. The lowest BCUT2D eigenvalue weighted by Gasteiger charge is -2.14. The van der Waals surface area contributed by atoms with Crippen LogP contribution in [0.4, 0.5) is 0 Å². The van der Waals surface area contributed by atoms with Crippen LogP contribution in [0.3, 0.4) is 0 Å². The Morgan fingerprint density at radius 1 is 0.419 bits per heavy atom. The first-order valence-corrected chi connectivity index (χ1v) is 21.8. The maximum atomic E-state index is 6.32. The molecule has 0 atom stereocenters. The SMILES string of the molecule is c1ccc(-n2c3ccccc3c3cc4c5c(ccc6c7sc8ccccc8c7cc(c65)n4-c4nc(-c5ccc6oc7ccccc7c6c5)c5c(ccc6ccccc65)n4)c32)cc1. The van der Waals surface area contributed by atoms with E-state index in [1.54, 1.807) is 0 Å². The Hall–Kier alpha value is -8.06. The van der Waals surface area contributed by atoms with Gasteiger partial charge >= 0.3 is 0 Å². The molecule has 0 aliphatic carbocycles. The third kappa shape index (κ3) is 4.21. The Morgan fingerprint density at radius 3 is 2.03 bits per heavy atom. The summed E-state index contributed by atoms with van der Waals surface area (Å²) in [6.45, 7) is 0. The average molecular weight is 807 g/mol. The van der Waals surface area contributed by atoms with Gasteiger partial charge < -0.3 is 8.98 Å². The van der Waals surface area contributed by atoms with Crippen LogP contribution < -0.4 is 0 Å². The highest BCUT2D eigenvalue weighted by molar-refractivity contribution is 7.26. The second kappa shape index (κ2) is 11.8. The maximum absolute atomic E-state index is 6.32. The van der Waals surface area contributed by atoms with Crippen LogP contribution in [0, 0.1) is 0 Å². The summed E-state index contributed by atoms with van der Waals surface area (Å²) in [7, 11) is 0. The molecule has 10 aromatic carbocycles. The van der Waals surface area contributed by atoms with E-state index in [0.717, 1.165) is 71.6 Å². The first-order valence-electron chi connectivity index (χ1n) is 21.0. The molecule has 5 nitrogen and oxygen atoms in total. The number of para-hydroxylation sites is 3.